The van der Waals surface area contributed by atoms with Crippen LogP contribution in [-0.2, 0) is 0 Å². The summed E-state index contributed by atoms with van der Waals surface area (Å²) in [6.45, 7) is 0.255. The maximum absolute atomic E-state index is 12.5. The second-order valence-electron chi connectivity index (χ2n) is 4.89. The lowest BCUT2D eigenvalue weighted by atomic mass is 9.98. The van der Waals surface area contributed by atoms with Crippen molar-refractivity contribution < 1.29 is 19.0 Å². The molecule has 0 unspecified atom stereocenters. The number of rotatable bonds is 3. The van der Waals surface area contributed by atoms with Gasteiger partial charge in [0, 0.05) is 17.2 Å². The molecule has 1 heterocycles. The highest BCUT2D eigenvalue weighted by atomic mass is 16.5. The van der Waals surface area contributed by atoms with Crippen molar-refractivity contribution in [3.05, 3.63) is 59.2 Å². The van der Waals surface area contributed by atoms with Crippen molar-refractivity contribution in [1.82, 2.24) is 0 Å². The van der Waals surface area contributed by atoms with E-state index in [1.165, 1.54) is 0 Å². The number of benzene rings is 2. The molecular weight excluding hydrogens is 280 g/mol. The number of para-hydroxylation sites is 1. The molecule has 4 heteroatoms. The second-order valence-corrected chi connectivity index (χ2v) is 4.89. The zero-order chi connectivity index (χ0) is 15.5. The number of ether oxygens (including phenoxy) is 3. The number of carbonyl (C=O) groups excluding carboxylic acids is 1. The number of methoxy groups -OCH3 is 2. The third kappa shape index (κ3) is 2.55. The SMILES string of the molecule is COc1ccc(/C=C2/COc3ccccc3C2=O)c(OC)c1. The van der Waals surface area contributed by atoms with Crippen LogP contribution in [0.2, 0.25) is 0 Å². The molecule has 112 valence electrons. The van der Waals surface area contributed by atoms with Crippen LogP contribution >= 0.6 is 0 Å². The molecule has 0 atom stereocenters. The largest absolute Gasteiger partial charge is 0.497 e. The molecular formula is C18H16O4. The van der Waals surface area contributed by atoms with Gasteiger partial charge >= 0.3 is 0 Å². The first-order valence-corrected chi connectivity index (χ1v) is 6.92. The highest BCUT2D eigenvalue weighted by Crippen LogP contribution is 2.30. The summed E-state index contributed by atoms with van der Waals surface area (Å²) >= 11 is 0. The Balaban J connectivity index is 1.98. The summed E-state index contributed by atoms with van der Waals surface area (Å²) in [7, 11) is 3.19. The first-order chi connectivity index (χ1) is 10.7. The number of ketones is 1. The average molecular weight is 296 g/mol. The van der Waals surface area contributed by atoms with Crippen molar-refractivity contribution in [2.24, 2.45) is 0 Å². The van der Waals surface area contributed by atoms with Crippen molar-refractivity contribution in [2.75, 3.05) is 20.8 Å². The lowest BCUT2D eigenvalue weighted by Crippen LogP contribution is -2.18. The molecule has 0 N–H and O–H groups in total. The molecule has 1 aliphatic heterocycles. The van der Waals surface area contributed by atoms with Crippen molar-refractivity contribution in [3.8, 4) is 17.2 Å². The van der Waals surface area contributed by atoms with Crippen LogP contribution in [-0.4, -0.2) is 26.6 Å². The molecule has 0 saturated heterocycles. The van der Waals surface area contributed by atoms with Gasteiger partial charge in [-0.2, -0.15) is 0 Å². The smallest absolute Gasteiger partial charge is 0.196 e. The second kappa shape index (κ2) is 5.93. The highest BCUT2D eigenvalue weighted by molar-refractivity contribution is 6.14. The maximum Gasteiger partial charge on any atom is 0.196 e. The van der Waals surface area contributed by atoms with Gasteiger partial charge in [0.25, 0.3) is 0 Å². The fourth-order valence-corrected chi connectivity index (χ4v) is 2.41. The van der Waals surface area contributed by atoms with Gasteiger partial charge < -0.3 is 14.2 Å². The predicted octanol–water partition coefficient (Wildman–Crippen LogP) is 3.36. The van der Waals surface area contributed by atoms with Crippen molar-refractivity contribution in [2.45, 2.75) is 0 Å². The van der Waals surface area contributed by atoms with E-state index in [-0.39, 0.29) is 12.4 Å². The van der Waals surface area contributed by atoms with E-state index in [1.54, 1.807) is 38.5 Å². The summed E-state index contributed by atoms with van der Waals surface area (Å²) in [5.74, 6) is 1.97. The minimum Gasteiger partial charge on any atom is -0.497 e. The standard InChI is InChI=1S/C18H16O4/c1-20-14-8-7-12(17(10-14)21-2)9-13-11-22-16-6-4-3-5-15(16)18(13)19/h3-10H,11H2,1-2H3/b13-9-. The monoisotopic (exact) mass is 296 g/mol. The van der Waals surface area contributed by atoms with Gasteiger partial charge in [0.1, 0.15) is 23.9 Å². The van der Waals surface area contributed by atoms with E-state index in [0.29, 0.717) is 28.4 Å². The van der Waals surface area contributed by atoms with Crippen LogP contribution in [0, 0.1) is 0 Å². The van der Waals surface area contributed by atoms with Gasteiger partial charge in [-0.25, -0.2) is 0 Å². The number of carbonyl (C=O) groups is 1. The van der Waals surface area contributed by atoms with Gasteiger partial charge in [-0.05, 0) is 30.3 Å². The van der Waals surface area contributed by atoms with Crippen LogP contribution in [0.25, 0.3) is 6.08 Å². The summed E-state index contributed by atoms with van der Waals surface area (Å²) < 4.78 is 16.2. The average Bonchev–Trinajstić information content (AvgIpc) is 2.58. The Hall–Kier alpha value is -2.75. The third-order valence-electron chi connectivity index (χ3n) is 3.58. The number of hydrogen-bond acceptors (Lipinski definition) is 4. The van der Waals surface area contributed by atoms with Crippen molar-refractivity contribution in [1.29, 1.82) is 0 Å². The van der Waals surface area contributed by atoms with Gasteiger partial charge in [0.15, 0.2) is 5.78 Å². The minimum atomic E-state index is -0.0141. The molecule has 0 saturated carbocycles. The lowest BCUT2D eigenvalue weighted by Gasteiger charge is -2.19. The van der Waals surface area contributed by atoms with E-state index >= 15 is 0 Å². The fraction of sp³-hybridized carbons (Fsp3) is 0.167. The Labute approximate surface area is 128 Å². The van der Waals surface area contributed by atoms with E-state index in [4.69, 9.17) is 14.2 Å². The molecule has 0 radical (unpaired) electrons. The molecule has 22 heavy (non-hydrogen) atoms. The fourth-order valence-electron chi connectivity index (χ4n) is 2.41. The van der Waals surface area contributed by atoms with Crippen LogP contribution in [0.15, 0.2) is 48.0 Å². The number of hydrogen-bond donors (Lipinski definition) is 0. The molecule has 0 spiro atoms. The topological polar surface area (TPSA) is 44.8 Å². The molecule has 0 fully saturated rings. The van der Waals surface area contributed by atoms with Crippen LogP contribution in [0.3, 0.4) is 0 Å². The third-order valence-corrected chi connectivity index (χ3v) is 3.58. The predicted molar refractivity (Wildman–Crippen MR) is 83.8 cm³/mol. The Bertz CT molecular complexity index is 747. The van der Waals surface area contributed by atoms with Gasteiger partial charge in [-0.1, -0.05) is 12.1 Å². The molecule has 1 aliphatic rings. The zero-order valence-corrected chi connectivity index (χ0v) is 12.5. The zero-order valence-electron chi connectivity index (χ0n) is 12.5. The summed E-state index contributed by atoms with van der Waals surface area (Å²) in [5.41, 5.74) is 2.00. The molecule has 2 aromatic rings. The van der Waals surface area contributed by atoms with E-state index < -0.39 is 0 Å². The van der Waals surface area contributed by atoms with Gasteiger partial charge in [0.05, 0.1) is 19.8 Å². The molecule has 0 aromatic heterocycles. The summed E-state index contributed by atoms with van der Waals surface area (Å²) in [6, 6.07) is 12.7. The molecule has 3 rings (SSSR count). The molecule has 0 bridgehead atoms. The van der Waals surface area contributed by atoms with Crippen molar-refractivity contribution >= 4 is 11.9 Å². The normalized spacial score (nSPS) is 15.2. The molecule has 2 aromatic carbocycles. The highest BCUT2D eigenvalue weighted by Gasteiger charge is 2.23. The Kier molecular flexibility index (Phi) is 3.83. The molecule has 4 nitrogen and oxygen atoms in total. The van der Waals surface area contributed by atoms with Gasteiger partial charge in [-0.15, -0.1) is 0 Å². The van der Waals surface area contributed by atoms with Gasteiger partial charge in [-0.3, -0.25) is 4.79 Å². The number of fused-ring (bicyclic) bond motifs is 1. The number of Topliss-reactive ketones (excluding diaryl/α,β-unsaturated/α-hetero) is 1. The maximum atomic E-state index is 12.5. The summed E-state index contributed by atoms with van der Waals surface area (Å²) in [4.78, 5) is 12.5. The Morgan fingerprint density at radius 2 is 1.91 bits per heavy atom. The van der Waals surface area contributed by atoms with Crippen molar-refractivity contribution in [3.63, 3.8) is 0 Å². The Morgan fingerprint density at radius 3 is 2.68 bits per heavy atom. The van der Waals surface area contributed by atoms with E-state index in [9.17, 15) is 4.79 Å². The van der Waals surface area contributed by atoms with Crippen LogP contribution in [0.1, 0.15) is 15.9 Å². The van der Waals surface area contributed by atoms with E-state index in [2.05, 4.69) is 0 Å². The minimum absolute atomic E-state index is 0.0141. The first kappa shape index (κ1) is 14.2. The molecule has 0 aliphatic carbocycles. The summed E-state index contributed by atoms with van der Waals surface area (Å²) in [5, 5.41) is 0. The molecule has 0 amide bonds. The van der Waals surface area contributed by atoms with E-state index in [0.717, 1.165) is 5.56 Å². The summed E-state index contributed by atoms with van der Waals surface area (Å²) in [6.07, 6.45) is 1.80. The quantitative estimate of drug-likeness (QED) is 0.815. The van der Waals surface area contributed by atoms with E-state index in [1.807, 2.05) is 24.3 Å². The van der Waals surface area contributed by atoms with Crippen LogP contribution in [0.4, 0.5) is 0 Å². The van der Waals surface area contributed by atoms with Gasteiger partial charge in [0.2, 0.25) is 0 Å². The lowest BCUT2D eigenvalue weighted by molar-refractivity contribution is 0.100. The first-order valence-electron chi connectivity index (χ1n) is 6.92. The van der Waals surface area contributed by atoms with Crippen LogP contribution < -0.4 is 14.2 Å². The van der Waals surface area contributed by atoms with Crippen LogP contribution in [0.5, 0.6) is 17.2 Å². The Morgan fingerprint density at radius 1 is 1.09 bits per heavy atom.